The van der Waals surface area contributed by atoms with E-state index < -0.39 is 41.5 Å². The van der Waals surface area contributed by atoms with E-state index in [9.17, 15) is 34.0 Å². The molecule has 16 heteroatoms. The van der Waals surface area contributed by atoms with E-state index in [1.807, 2.05) is 19.1 Å². The van der Waals surface area contributed by atoms with Crippen molar-refractivity contribution in [3.05, 3.63) is 95.9 Å². The van der Waals surface area contributed by atoms with E-state index >= 15 is 0 Å². The Morgan fingerprint density at radius 3 is 2.41 bits per heavy atom. The third-order valence-corrected chi connectivity index (χ3v) is 8.22. The number of benzene rings is 2. The van der Waals surface area contributed by atoms with Crippen LogP contribution in [-0.2, 0) is 33.4 Å². The summed E-state index contributed by atoms with van der Waals surface area (Å²) in [5, 5.41) is 21.1. The van der Waals surface area contributed by atoms with Gasteiger partial charge in [0.05, 0.1) is 60.0 Å². The largest absolute Gasteiger partial charge is 0.377 e. The number of pyridine rings is 1. The number of anilines is 3. The van der Waals surface area contributed by atoms with Gasteiger partial charge >= 0.3 is 0 Å². The van der Waals surface area contributed by atoms with Crippen molar-refractivity contribution < 1.29 is 43.0 Å². The maximum Gasteiger partial charge on any atom is 0.264 e. The Kier molecular flexibility index (Phi) is 13.1. The summed E-state index contributed by atoms with van der Waals surface area (Å²) < 4.78 is 16.2. The number of carbonyl (C=O) groups excluding carboxylic acids is 6. The molecule has 6 amide bonds. The average Bonchev–Trinajstić information content (AvgIpc) is 3.41. The van der Waals surface area contributed by atoms with E-state index in [1.54, 1.807) is 30.4 Å². The zero-order valence-corrected chi connectivity index (χ0v) is 29.3. The molecule has 2 aliphatic heterocycles. The molecule has 16 nitrogen and oxygen atoms in total. The van der Waals surface area contributed by atoms with Crippen molar-refractivity contribution in [2.24, 2.45) is 0 Å². The van der Waals surface area contributed by atoms with Gasteiger partial charge in [0.15, 0.2) is 0 Å². The lowest BCUT2D eigenvalue weighted by Crippen LogP contribution is -2.54. The Morgan fingerprint density at radius 2 is 1.72 bits per heavy atom. The number of hydrogen-bond acceptors (Lipinski definition) is 12. The van der Waals surface area contributed by atoms with Crippen molar-refractivity contribution in [3.63, 3.8) is 0 Å². The van der Waals surface area contributed by atoms with Crippen LogP contribution in [0.2, 0.25) is 0 Å². The van der Waals surface area contributed by atoms with Gasteiger partial charge in [0.25, 0.3) is 11.8 Å². The van der Waals surface area contributed by atoms with Gasteiger partial charge in [0.2, 0.25) is 23.6 Å². The summed E-state index contributed by atoms with van der Waals surface area (Å²) in [6, 6.07) is 10.6. The molecule has 0 bridgehead atoms. The molecule has 278 valence electrons. The van der Waals surface area contributed by atoms with Crippen LogP contribution in [0.5, 0.6) is 0 Å². The summed E-state index contributed by atoms with van der Waals surface area (Å²) in [6.45, 7) is 5.38. The first-order valence-corrected chi connectivity index (χ1v) is 16.9. The molecule has 1 aromatic heterocycles. The number of fused-ring (bicyclic) bond motifs is 2. The molecule has 1 unspecified atom stereocenters. The van der Waals surface area contributed by atoms with E-state index in [0.29, 0.717) is 27.8 Å². The van der Waals surface area contributed by atoms with Crippen molar-refractivity contribution in [1.82, 2.24) is 15.2 Å². The Labute approximate surface area is 309 Å². The van der Waals surface area contributed by atoms with Crippen LogP contribution in [0, 0.1) is 11.3 Å². The highest BCUT2D eigenvalue weighted by Crippen LogP contribution is 2.33. The Bertz CT molecular complexity index is 2100. The summed E-state index contributed by atoms with van der Waals surface area (Å²) in [4.78, 5) is 80.3. The first-order chi connectivity index (χ1) is 26.1. The number of hydrogen-bond donors (Lipinski definition) is 4. The van der Waals surface area contributed by atoms with Gasteiger partial charge in [-0.1, -0.05) is 30.9 Å². The quantitative estimate of drug-likeness (QED) is 0.0893. The molecule has 1 saturated heterocycles. The highest BCUT2D eigenvalue weighted by molar-refractivity contribution is 6.26. The molecule has 0 saturated carbocycles. The predicted molar refractivity (Wildman–Crippen MR) is 196 cm³/mol. The molecule has 0 aliphatic carbocycles. The molecule has 3 aromatic rings. The summed E-state index contributed by atoms with van der Waals surface area (Å²) in [5.41, 5.74) is 2.83. The fraction of sp³-hybridized carbons (Fsp3) is 0.263. The standard InChI is InChI=1S/C38H37N7O9/c1-3-5-7-24(4-2)42-35-23(19-39)20-40-28-11-10-25(18-27(28)35)41-32(47)21-53-16-14-52-15-17-54-22-33(48)43-29-9-6-8-26-34(29)38(51)45(37(26)50)30-12-13-31(46)44-36(30)49/h3-11,18,20,30H,1,12-17,21-22H2,2H3,(H,40,42)(H,41,47)(H,43,48)(H,44,46,49)/b7-5-,24-4+. The van der Waals surface area contributed by atoms with Crippen molar-refractivity contribution in [2.45, 2.75) is 25.8 Å². The normalized spacial score (nSPS) is 15.6. The van der Waals surface area contributed by atoms with Gasteiger partial charge in [0.1, 0.15) is 25.3 Å². The minimum absolute atomic E-state index is 0.00956. The summed E-state index contributed by atoms with van der Waals surface area (Å²) in [6.07, 6.45) is 8.56. The number of carbonyl (C=O) groups is 6. The molecule has 2 aromatic carbocycles. The number of nitrogens with one attached hydrogen (secondary N) is 4. The number of piperidine rings is 1. The number of ether oxygens (including phenoxy) is 3. The second-order valence-electron chi connectivity index (χ2n) is 11.8. The number of allylic oxidation sites excluding steroid dienone is 4. The van der Waals surface area contributed by atoms with Crippen LogP contribution in [0.1, 0.15) is 46.0 Å². The molecule has 54 heavy (non-hydrogen) atoms. The SMILES string of the molecule is C=C/C=C\C(=C/C)Nc1c(C#N)cnc2ccc(NC(=O)COCCOCCOCC(=O)Nc3cccc4c3C(=O)N(C3CCC(=O)NC3=O)C4=O)cc12. The molecular weight excluding hydrogens is 698 g/mol. The van der Waals surface area contributed by atoms with E-state index in [4.69, 9.17) is 14.2 Å². The van der Waals surface area contributed by atoms with Gasteiger partial charge in [0, 0.05) is 29.4 Å². The lowest BCUT2D eigenvalue weighted by atomic mass is 10.0. The lowest BCUT2D eigenvalue weighted by molar-refractivity contribution is -0.136. The molecular formula is C38H37N7O9. The van der Waals surface area contributed by atoms with Crippen molar-refractivity contribution in [3.8, 4) is 6.07 Å². The second-order valence-corrected chi connectivity index (χ2v) is 11.8. The molecule has 0 radical (unpaired) electrons. The van der Waals surface area contributed by atoms with Crippen LogP contribution in [0.3, 0.4) is 0 Å². The summed E-state index contributed by atoms with van der Waals surface area (Å²) >= 11 is 0. The van der Waals surface area contributed by atoms with E-state index in [0.717, 1.165) is 10.6 Å². The van der Waals surface area contributed by atoms with Crippen LogP contribution in [0.15, 0.2) is 79.2 Å². The highest BCUT2D eigenvalue weighted by Gasteiger charge is 2.45. The van der Waals surface area contributed by atoms with Gasteiger partial charge in [-0.25, -0.2) is 0 Å². The monoisotopic (exact) mass is 735 g/mol. The molecule has 3 heterocycles. The summed E-state index contributed by atoms with van der Waals surface area (Å²) in [5.74, 6) is -3.61. The number of imide groups is 2. The topological polar surface area (TPSA) is 218 Å². The third kappa shape index (κ3) is 9.27. The van der Waals surface area contributed by atoms with Gasteiger partial charge in [-0.2, -0.15) is 5.26 Å². The lowest BCUT2D eigenvalue weighted by Gasteiger charge is -2.27. The highest BCUT2D eigenvalue weighted by atomic mass is 16.5. The Hall–Kier alpha value is -6.54. The zero-order valence-electron chi connectivity index (χ0n) is 29.3. The number of rotatable bonds is 17. The van der Waals surface area contributed by atoms with Gasteiger partial charge in [-0.15, -0.1) is 0 Å². The number of nitrogens with zero attached hydrogens (tertiary/aromatic N) is 3. The van der Waals surface area contributed by atoms with Crippen molar-refractivity contribution >= 4 is 63.4 Å². The van der Waals surface area contributed by atoms with Crippen LogP contribution < -0.4 is 21.3 Å². The van der Waals surface area contributed by atoms with Gasteiger partial charge in [-0.3, -0.25) is 44.0 Å². The molecule has 4 N–H and O–H groups in total. The van der Waals surface area contributed by atoms with Crippen molar-refractivity contribution in [2.75, 3.05) is 55.6 Å². The first kappa shape index (κ1) is 38.7. The Balaban J connectivity index is 1.01. The van der Waals surface area contributed by atoms with E-state index in [-0.39, 0.29) is 69.3 Å². The minimum atomic E-state index is -1.13. The molecule has 5 rings (SSSR count). The fourth-order valence-corrected chi connectivity index (χ4v) is 5.69. The van der Waals surface area contributed by atoms with Gasteiger partial charge < -0.3 is 30.2 Å². The van der Waals surface area contributed by atoms with Crippen LogP contribution in [0.25, 0.3) is 10.9 Å². The molecule has 1 fully saturated rings. The van der Waals surface area contributed by atoms with Crippen molar-refractivity contribution in [1.29, 1.82) is 5.26 Å². The minimum Gasteiger partial charge on any atom is -0.377 e. The van der Waals surface area contributed by atoms with E-state index in [1.165, 1.54) is 24.4 Å². The zero-order chi connectivity index (χ0) is 38.6. The molecule has 0 spiro atoms. The summed E-state index contributed by atoms with van der Waals surface area (Å²) in [7, 11) is 0. The smallest absolute Gasteiger partial charge is 0.264 e. The predicted octanol–water partition coefficient (Wildman–Crippen LogP) is 3.19. The molecule has 2 aliphatic rings. The first-order valence-electron chi connectivity index (χ1n) is 16.9. The number of nitriles is 1. The van der Waals surface area contributed by atoms with E-state index in [2.05, 4.69) is 38.9 Å². The maximum atomic E-state index is 13.2. The fourth-order valence-electron chi connectivity index (χ4n) is 5.69. The van der Waals surface area contributed by atoms with Gasteiger partial charge in [-0.05, 0) is 49.8 Å². The van der Waals surface area contributed by atoms with Crippen LogP contribution in [-0.4, -0.2) is 91.0 Å². The van der Waals surface area contributed by atoms with Crippen LogP contribution >= 0.6 is 0 Å². The maximum absolute atomic E-state index is 13.2. The number of amides is 6. The Morgan fingerprint density at radius 1 is 1.00 bits per heavy atom. The third-order valence-electron chi connectivity index (χ3n) is 8.22. The second kappa shape index (κ2) is 18.3. The molecule has 1 atom stereocenters. The number of aromatic nitrogens is 1. The van der Waals surface area contributed by atoms with Crippen LogP contribution in [0.4, 0.5) is 17.1 Å². The average molecular weight is 736 g/mol.